The van der Waals surface area contributed by atoms with E-state index < -0.39 is 0 Å². The summed E-state index contributed by atoms with van der Waals surface area (Å²) in [5, 5.41) is 7.53. The number of aromatic nitrogens is 2. The minimum atomic E-state index is -0.233. The summed E-state index contributed by atoms with van der Waals surface area (Å²) in [4.78, 5) is 30.2. The molecule has 4 rings (SSSR count). The topological polar surface area (TPSA) is 70.5 Å². The van der Waals surface area contributed by atoms with E-state index in [2.05, 4.69) is 15.3 Å². The Hall–Kier alpha value is -2.67. The number of carbonyl (C=O) groups excluding carboxylic acids is 2. The van der Waals surface area contributed by atoms with E-state index in [1.807, 2.05) is 45.0 Å². The molecule has 0 atom stereocenters. The van der Waals surface area contributed by atoms with Gasteiger partial charge in [0.05, 0.1) is 23.6 Å². The van der Waals surface area contributed by atoms with Crippen LogP contribution in [0.25, 0.3) is 0 Å². The maximum absolute atomic E-state index is 13.4. The molecule has 27 heavy (non-hydrogen) atoms. The Kier molecular flexibility index (Phi) is 4.47. The van der Waals surface area contributed by atoms with Crippen molar-refractivity contribution >= 4 is 28.9 Å². The van der Waals surface area contributed by atoms with Gasteiger partial charge in [0.15, 0.2) is 5.69 Å². The highest BCUT2D eigenvalue weighted by molar-refractivity contribution is 6.17. The molecule has 2 aromatic rings. The highest BCUT2D eigenvalue weighted by Gasteiger charge is 2.35. The third-order valence-corrected chi connectivity index (χ3v) is 5.18. The van der Waals surface area contributed by atoms with Crippen LogP contribution in [0.1, 0.15) is 48.9 Å². The number of nitrogens with one attached hydrogen (secondary N) is 1. The van der Waals surface area contributed by atoms with Crippen LogP contribution in [-0.4, -0.2) is 46.1 Å². The number of hydrogen-bond donors (Lipinski definition) is 1. The van der Waals surface area contributed by atoms with Crippen LogP contribution in [0.3, 0.4) is 0 Å². The lowest BCUT2D eigenvalue weighted by Gasteiger charge is -2.25. The van der Waals surface area contributed by atoms with Crippen molar-refractivity contribution in [1.82, 2.24) is 14.7 Å². The van der Waals surface area contributed by atoms with Gasteiger partial charge in [0.1, 0.15) is 5.69 Å². The Bertz CT molecular complexity index is 896. The Morgan fingerprint density at radius 2 is 1.93 bits per heavy atom. The second kappa shape index (κ2) is 6.81. The van der Waals surface area contributed by atoms with E-state index in [1.165, 1.54) is 0 Å². The molecular formula is C20H25N5O2. The van der Waals surface area contributed by atoms with Gasteiger partial charge in [-0.3, -0.25) is 24.1 Å². The molecule has 2 aliphatic rings. The Labute approximate surface area is 158 Å². The summed E-state index contributed by atoms with van der Waals surface area (Å²) in [6.45, 7) is 8.04. The van der Waals surface area contributed by atoms with Crippen molar-refractivity contribution in [3.63, 3.8) is 0 Å². The van der Waals surface area contributed by atoms with Crippen LogP contribution >= 0.6 is 0 Å². The molecule has 1 fully saturated rings. The first-order valence-electron chi connectivity index (χ1n) is 9.52. The third-order valence-electron chi connectivity index (χ3n) is 5.18. The van der Waals surface area contributed by atoms with E-state index in [1.54, 1.807) is 9.58 Å². The highest BCUT2D eigenvalue weighted by atomic mass is 16.2. The Morgan fingerprint density at radius 3 is 2.63 bits per heavy atom. The van der Waals surface area contributed by atoms with Crippen molar-refractivity contribution in [1.29, 1.82) is 0 Å². The highest BCUT2D eigenvalue weighted by Crippen LogP contribution is 2.40. The lowest BCUT2D eigenvalue weighted by atomic mass is 10.2. The van der Waals surface area contributed by atoms with Gasteiger partial charge in [-0.1, -0.05) is 12.1 Å². The van der Waals surface area contributed by atoms with Gasteiger partial charge in [-0.05, 0) is 58.8 Å². The van der Waals surface area contributed by atoms with Gasteiger partial charge in [-0.15, -0.1) is 0 Å². The molecule has 2 amide bonds. The number of hydrogen-bond acceptors (Lipinski definition) is 4. The zero-order valence-corrected chi connectivity index (χ0v) is 16.0. The second-order valence-electron chi connectivity index (χ2n) is 7.50. The monoisotopic (exact) mass is 367 g/mol. The molecule has 7 nitrogen and oxygen atoms in total. The molecule has 2 aliphatic heterocycles. The Balaban J connectivity index is 1.87. The quantitative estimate of drug-likeness (QED) is 0.905. The number of likely N-dealkylation sites (tertiary alicyclic amines) is 1. The van der Waals surface area contributed by atoms with Gasteiger partial charge >= 0.3 is 0 Å². The molecule has 7 heteroatoms. The number of amides is 2. The number of para-hydroxylation sites is 2. The van der Waals surface area contributed by atoms with E-state index in [0.29, 0.717) is 35.0 Å². The number of nitrogens with zero attached hydrogens (tertiary/aromatic N) is 4. The average Bonchev–Trinajstić information content (AvgIpc) is 3.22. The van der Waals surface area contributed by atoms with E-state index in [4.69, 9.17) is 0 Å². The van der Waals surface area contributed by atoms with Gasteiger partial charge in [0.2, 0.25) is 5.91 Å². The van der Waals surface area contributed by atoms with Crippen molar-refractivity contribution in [2.24, 2.45) is 0 Å². The predicted octanol–water partition coefficient (Wildman–Crippen LogP) is 3.10. The minimum Gasteiger partial charge on any atom is -0.319 e. The molecule has 0 unspecified atom stereocenters. The number of fused-ring (bicyclic) bond motifs is 2. The molecule has 0 radical (unpaired) electrons. The van der Waals surface area contributed by atoms with Gasteiger partial charge in [-0.25, -0.2) is 0 Å². The fourth-order valence-corrected chi connectivity index (χ4v) is 3.93. The fraction of sp³-hybridized carbons (Fsp3) is 0.450. The summed E-state index contributed by atoms with van der Waals surface area (Å²) in [6, 6.07) is 7.46. The standard InChI is InChI=1S/C20H25N5O2/c1-13(2)25-19-18(14(3)22-25)24(17(26)12-23-10-6-7-11-23)16-9-5-4-8-15(16)21-20(19)27/h4-5,8-9,13H,6-7,10-12H2,1-3H3,(H,21,27). The largest absolute Gasteiger partial charge is 0.319 e. The molecule has 3 heterocycles. The van der Waals surface area contributed by atoms with E-state index in [9.17, 15) is 9.59 Å². The number of rotatable bonds is 3. The minimum absolute atomic E-state index is 0.00921. The average molecular weight is 367 g/mol. The van der Waals surface area contributed by atoms with Crippen LogP contribution in [-0.2, 0) is 4.79 Å². The maximum Gasteiger partial charge on any atom is 0.276 e. The first kappa shape index (κ1) is 17.7. The number of anilines is 3. The van der Waals surface area contributed by atoms with Crippen LogP contribution in [0.5, 0.6) is 0 Å². The summed E-state index contributed by atoms with van der Waals surface area (Å²) in [5.41, 5.74) is 3.05. The van der Waals surface area contributed by atoms with Crippen LogP contribution in [0.15, 0.2) is 24.3 Å². The molecule has 1 aromatic heterocycles. The van der Waals surface area contributed by atoms with Crippen molar-refractivity contribution in [3.8, 4) is 0 Å². The first-order chi connectivity index (χ1) is 13.0. The summed E-state index contributed by atoms with van der Waals surface area (Å²) in [6.07, 6.45) is 2.25. The summed E-state index contributed by atoms with van der Waals surface area (Å²) < 4.78 is 1.71. The van der Waals surface area contributed by atoms with Crippen LogP contribution < -0.4 is 10.2 Å². The van der Waals surface area contributed by atoms with Gasteiger partial charge in [0.25, 0.3) is 5.91 Å². The predicted molar refractivity (Wildman–Crippen MR) is 105 cm³/mol. The van der Waals surface area contributed by atoms with E-state index in [-0.39, 0.29) is 17.9 Å². The molecular weight excluding hydrogens is 342 g/mol. The molecule has 1 saturated heterocycles. The molecule has 1 N–H and O–H groups in total. The zero-order chi connectivity index (χ0) is 19.1. The Morgan fingerprint density at radius 1 is 1.22 bits per heavy atom. The number of benzene rings is 1. The fourth-order valence-electron chi connectivity index (χ4n) is 3.93. The number of aryl methyl sites for hydroxylation is 1. The second-order valence-corrected chi connectivity index (χ2v) is 7.50. The lowest BCUT2D eigenvalue weighted by Crippen LogP contribution is -2.37. The maximum atomic E-state index is 13.4. The van der Waals surface area contributed by atoms with Gasteiger partial charge in [0, 0.05) is 6.04 Å². The van der Waals surface area contributed by atoms with Crippen molar-refractivity contribution in [3.05, 3.63) is 35.7 Å². The molecule has 0 bridgehead atoms. The molecule has 1 aromatic carbocycles. The molecule has 0 saturated carbocycles. The number of carbonyl (C=O) groups is 2. The summed E-state index contributed by atoms with van der Waals surface area (Å²) in [7, 11) is 0. The molecule has 0 aliphatic carbocycles. The van der Waals surface area contributed by atoms with Gasteiger partial charge < -0.3 is 5.32 Å². The van der Waals surface area contributed by atoms with E-state index in [0.717, 1.165) is 25.9 Å². The van der Waals surface area contributed by atoms with Crippen LogP contribution in [0, 0.1) is 6.92 Å². The normalized spacial score (nSPS) is 16.9. The first-order valence-corrected chi connectivity index (χ1v) is 9.52. The van der Waals surface area contributed by atoms with Crippen molar-refractivity contribution < 1.29 is 9.59 Å². The smallest absolute Gasteiger partial charge is 0.276 e. The van der Waals surface area contributed by atoms with Crippen molar-refractivity contribution in [2.45, 2.75) is 39.7 Å². The van der Waals surface area contributed by atoms with Crippen LogP contribution in [0.2, 0.25) is 0 Å². The SMILES string of the molecule is Cc1nn(C(C)C)c2c1N(C(=O)CN1CCCC1)c1ccccc1NC2=O. The molecule has 142 valence electrons. The third kappa shape index (κ3) is 3.02. The van der Waals surface area contributed by atoms with E-state index >= 15 is 0 Å². The van der Waals surface area contributed by atoms with Crippen LogP contribution in [0.4, 0.5) is 17.1 Å². The molecule has 0 spiro atoms. The zero-order valence-electron chi connectivity index (χ0n) is 16.0. The van der Waals surface area contributed by atoms with Crippen molar-refractivity contribution in [2.75, 3.05) is 29.9 Å². The van der Waals surface area contributed by atoms with Gasteiger partial charge in [-0.2, -0.15) is 5.10 Å². The lowest BCUT2D eigenvalue weighted by molar-refractivity contribution is -0.118. The summed E-state index contributed by atoms with van der Waals surface area (Å²) >= 11 is 0. The summed E-state index contributed by atoms with van der Waals surface area (Å²) in [5.74, 6) is -0.267.